The lowest BCUT2D eigenvalue weighted by atomic mass is 10.2. The fraction of sp³-hybridized carbons (Fsp3) is 0.533. The van der Waals surface area contributed by atoms with Gasteiger partial charge in [0.25, 0.3) is 0 Å². The average molecular weight is 304 g/mol. The molecule has 3 heterocycles. The molecule has 0 saturated carbocycles. The second-order valence-electron chi connectivity index (χ2n) is 6.28. The van der Waals surface area contributed by atoms with Crippen LogP contribution in [0.1, 0.15) is 32.7 Å². The molecule has 0 radical (unpaired) electrons. The maximum absolute atomic E-state index is 12.2. The molecular formula is C15H20N4O3. The van der Waals surface area contributed by atoms with Crippen LogP contribution in [-0.4, -0.2) is 51.2 Å². The highest BCUT2D eigenvalue weighted by molar-refractivity contribution is 5.70. The van der Waals surface area contributed by atoms with Gasteiger partial charge in [0.2, 0.25) is 0 Å². The summed E-state index contributed by atoms with van der Waals surface area (Å²) in [5.74, 6) is 0.682. The van der Waals surface area contributed by atoms with Crippen molar-refractivity contribution in [1.82, 2.24) is 19.9 Å². The van der Waals surface area contributed by atoms with Gasteiger partial charge in [0.15, 0.2) is 5.65 Å². The highest BCUT2D eigenvalue weighted by atomic mass is 16.6. The third-order valence-corrected chi connectivity index (χ3v) is 3.30. The van der Waals surface area contributed by atoms with Crippen LogP contribution in [-0.2, 0) is 9.47 Å². The fourth-order valence-electron chi connectivity index (χ4n) is 2.32. The summed E-state index contributed by atoms with van der Waals surface area (Å²) in [6.07, 6.45) is 1.08. The smallest absolute Gasteiger partial charge is 0.410 e. The minimum Gasteiger partial charge on any atom is -0.444 e. The van der Waals surface area contributed by atoms with Gasteiger partial charge in [-0.15, -0.1) is 0 Å². The number of aromatic nitrogens is 3. The number of hydrogen-bond donors (Lipinski definition) is 1. The summed E-state index contributed by atoms with van der Waals surface area (Å²) in [4.78, 5) is 25.6. The number of rotatable bonds is 1. The largest absolute Gasteiger partial charge is 0.444 e. The van der Waals surface area contributed by atoms with E-state index >= 15 is 0 Å². The van der Waals surface area contributed by atoms with Gasteiger partial charge in [0.1, 0.15) is 17.5 Å². The number of aromatic amines is 1. The molecule has 1 amide bonds. The number of amides is 1. The molecule has 1 N–H and O–H groups in total. The van der Waals surface area contributed by atoms with Gasteiger partial charge in [-0.2, -0.15) is 0 Å². The number of hydrogen-bond acceptors (Lipinski definition) is 5. The Morgan fingerprint density at radius 1 is 1.50 bits per heavy atom. The van der Waals surface area contributed by atoms with E-state index in [1.54, 1.807) is 11.1 Å². The molecule has 22 heavy (non-hydrogen) atoms. The second kappa shape index (κ2) is 5.57. The standard InChI is InChI=1S/C15H20N4O3/c1-15(2,3)22-14(20)19-7-8-21-11(9-19)13-17-10-5-4-6-16-12(10)18-13/h4-6,11H,7-9H2,1-3H3,(H,16,17,18). The molecule has 1 saturated heterocycles. The summed E-state index contributed by atoms with van der Waals surface area (Å²) in [5.41, 5.74) is 1.000. The van der Waals surface area contributed by atoms with Crippen molar-refractivity contribution in [2.45, 2.75) is 32.5 Å². The number of nitrogens with zero attached hydrogens (tertiary/aromatic N) is 3. The van der Waals surface area contributed by atoms with Gasteiger partial charge in [-0.1, -0.05) is 0 Å². The summed E-state index contributed by atoms with van der Waals surface area (Å²) in [7, 11) is 0. The Morgan fingerprint density at radius 3 is 3.05 bits per heavy atom. The van der Waals surface area contributed by atoms with E-state index in [2.05, 4.69) is 15.0 Å². The quantitative estimate of drug-likeness (QED) is 0.874. The van der Waals surface area contributed by atoms with Crippen molar-refractivity contribution in [1.29, 1.82) is 0 Å². The summed E-state index contributed by atoms with van der Waals surface area (Å²) in [6.45, 7) is 6.95. The van der Waals surface area contributed by atoms with Gasteiger partial charge in [0, 0.05) is 12.7 Å². The molecule has 1 unspecified atom stereocenters. The van der Waals surface area contributed by atoms with Crippen LogP contribution >= 0.6 is 0 Å². The van der Waals surface area contributed by atoms with E-state index in [9.17, 15) is 4.79 Å². The number of carbonyl (C=O) groups excluding carboxylic acids is 1. The maximum Gasteiger partial charge on any atom is 0.410 e. The fourth-order valence-corrected chi connectivity index (χ4v) is 2.32. The minimum absolute atomic E-state index is 0.296. The number of H-pyrrole nitrogens is 1. The summed E-state index contributed by atoms with van der Waals surface area (Å²) in [5, 5.41) is 0. The molecule has 0 spiro atoms. The van der Waals surface area contributed by atoms with Crippen LogP contribution in [0.25, 0.3) is 11.2 Å². The van der Waals surface area contributed by atoms with Crippen molar-refractivity contribution in [3.8, 4) is 0 Å². The van der Waals surface area contributed by atoms with E-state index in [1.807, 2.05) is 32.9 Å². The van der Waals surface area contributed by atoms with Crippen molar-refractivity contribution in [3.63, 3.8) is 0 Å². The molecule has 7 heteroatoms. The van der Waals surface area contributed by atoms with Crippen LogP contribution in [0, 0.1) is 0 Å². The maximum atomic E-state index is 12.2. The number of imidazole rings is 1. The zero-order chi connectivity index (χ0) is 15.7. The zero-order valence-electron chi connectivity index (χ0n) is 13.0. The van der Waals surface area contributed by atoms with E-state index in [-0.39, 0.29) is 12.2 Å². The predicted molar refractivity (Wildman–Crippen MR) is 80.4 cm³/mol. The molecule has 118 valence electrons. The van der Waals surface area contributed by atoms with Crippen molar-refractivity contribution in [2.75, 3.05) is 19.7 Å². The van der Waals surface area contributed by atoms with Crippen molar-refractivity contribution >= 4 is 17.3 Å². The Balaban J connectivity index is 1.74. The molecule has 0 aliphatic carbocycles. The van der Waals surface area contributed by atoms with E-state index in [4.69, 9.17) is 9.47 Å². The summed E-state index contributed by atoms with van der Waals surface area (Å²) < 4.78 is 11.1. The number of pyridine rings is 1. The van der Waals surface area contributed by atoms with Crippen molar-refractivity contribution in [3.05, 3.63) is 24.2 Å². The normalized spacial score (nSPS) is 19.4. The molecule has 2 aromatic rings. The number of nitrogens with one attached hydrogen (secondary N) is 1. The first kappa shape index (κ1) is 14.8. The zero-order valence-corrected chi connectivity index (χ0v) is 13.0. The Hall–Kier alpha value is -2.15. The predicted octanol–water partition coefficient (Wildman–Crippen LogP) is 2.27. The molecule has 2 aromatic heterocycles. The summed E-state index contributed by atoms with van der Waals surface area (Å²) in [6, 6.07) is 3.76. The number of fused-ring (bicyclic) bond motifs is 1. The van der Waals surface area contributed by atoms with Gasteiger partial charge in [-0.05, 0) is 32.9 Å². The second-order valence-corrected chi connectivity index (χ2v) is 6.28. The molecule has 0 bridgehead atoms. The van der Waals surface area contributed by atoms with Crippen LogP contribution < -0.4 is 0 Å². The first-order valence-corrected chi connectivity index (χ1v) is 7.32. The lowest BCUT2D eigenvalue weighted by Crippen LogP contribution is -2.44. The van der Waals surface area contributed by atoms with Crippen LogP contribution in [0.4, 0.5) is 4.79 Å². The molecule has 1 atom stereocenters. The van der Waals surface area contributed by atoms with E-state index in [0.717, 1.165) is 5.52 Å². The highest BCUT2D eigenvalue weighted by Gasteiger charge is 2.30. The molecular weight excluding hydrogens is 284 g/mol. The average Bonchev–Trinajstić information content (AvgIpc) is 2.89. The van der Waals surface area contributed by atoms with Gasteiger partial charge in [0.05, 0.1) is 18.7 Å². The lowest BCUT2D eigenvalue weighted by Gasteiger charge is -2.33. The summed E-state index contributed by atoms with van der Waals surface area (Å²) >= 11 is 0. The van der Waals surface area contributed by atoms with Crippen molar-refractivity contribution in [2.24, 2.45) is 0 Å². The van der Waals surface area contributed by atoms with Gasteiger partial charge in [-0.25, -0.2) is 14.8 Å². The van der Waals surface area contributed by atoms with E-state index in [0.29, 0.717) is 31.2 Å². The highest BCUT2D eigenvalue weighted by Crippen LogP contribution is 2.23. The molecule has 7 nitrogen and oxygen atoms in total. The molecule has 0 aromatic carbocycles. The van der Waals surface area contributed by atoms with Gasteiger partial charge in [-0.3, -0.25) is 0 Å². The Bertz CT molecular complexity index is 644. The third-order valence-electron chi connectivity index (χ3n) is 3.30. The Kier molecular flexibility index (Phi) is 3.74. The number of carbonyl (C=O) groups is 1. The molecule has 1 aliphatic rings. The number of morpholine rings is 1. The van der Waals surface area contributed by atoms with Crippen LogP contribution in [0.2, 0.25) is 0 Å². The lowest BCUT2D eigenvalue weighted by molar-refractivity contribution is -0.0459. The molecule has 1 fully saturated rings. The van der Waals surface area contributed by atoms with Gasteiger partial charge < -0.3 is 19.4 Å². The first-order valence-electron chi connectivity index (χ1n) is 7.32. The monoisotopic (exact) mass is 304 g/mol. The van der Waals surface area contributed by atoms with Crippen LogP contribution in [0.3, 0.4) is 0 Å². The van der Waals surface area contributed by atoms with Crippen LogP contribution in [0.15, 0.2) is 18.3 Å². The Morgan fingerprint density at radius 2 is 2.32 bits per heavy atom. The van der Waals surface area contributed by atoms with Crippen LogP contribution in [0.5, 0.6) is 0 Å². The van der Waals surface area contributed by atoms with E-state index < -0.39 is 5.60 Å². The van der Waals surface area contributed by atoms with Crippen molar-refractivity contribution < 1.29 is 14.3 Å². The Labute approximate surface area is 128 Å². The first-order chi connectivity index (χ1) is 10.4. The topological polar surface area (TPSA) is 80.3 Å². The SMILES string of the molecule is CC(C)(C)OC(=O)N1CCOC(c2nc3ncccc3[nH]2)C1. The third kappa shape index (κ3) is 3.19. The minimum atomic E-state index is -0.506. The molecule has 3 rings (SSSR count). The van der Waals surface area contributed by atoms with Gasteiger partial charge >= 0.3 is 6.09 Å². The molecule has 1 aliphatic heterocycles. The number of ether oxygens (including phenoxy) is 2. The van der Waals surface area contributed by atoms with E-state index in [1.165, 1.54) is 0 Å².